The quantitative estimate of drug-likeness (QED) is 0.579. The number of hydrogen-bond donors (Lipinski definition) is 0. The van der Waals surface area contributed by atoms with Gasteiger partial charge in [0.15, 0.2) is 0 Å². The van der Waals surface area contributed by atoms with Gasteiger partial charge in [-0.15, -0.1) is 0 Å². The van der Waals surface area contributed by atoms with Crippen molar-refractivity contribution in [2.45, 2.75) is 0 Å². The molecule has 2 aromatic carbocycles. The van der Waals surface area contributed by atoms with Gasteiger partial charge in [-0.05, 0) is 18.2 Å². The third-order valence-electron chi connectivity index (χ3n) is 3.06. The zero-order valence-electron chi connectivity index (χ0n) is 10.7. The Morgan fingerprint density at radius 2 is 1.94 bits per heavy atom. The van der Waals surface area contributed by atoms with Gasteiger partial charge in [-0.25, -0.2) is 0 Å². The Morgan fingerprint density at radius 1 is 1.11 bits per heavy atom. The van der Waals surface area contributed by atoms with Gasteiger partial charge in [-0.1, -0.05) is 53.5 Å². The van der Waals surface area contributed by atoms with Crippen molar-refractivity contribution in [3.05, 3.63) is 58.6 Å². The summed E-state index contributed by atoms with van der Waals surface area (Å²) in [5.41, 5.74) is 2.79. The summed E-state index contributed by atoms with van der Waals surface area (Å²) in [6.07, 6.45) is 0. The van der Waals surface area contributed by atoms with Crippen LogP contribution in [0, 0.1) is 0 Å². The maximum atomic E-state index is 8.00. The molecule has 3 heteroatoms. The van der Waals surface area contributed by atoms with Gasteiger partial charge in [0.1, 0.15) is 0 Å². The molecule has 1 heterocycles. The van der Waals surface area contributed by atoms with Crippen LogP contribution in [-0.4, -0.2) is 4.57 Å². The first-order valence-electron chi connectivity index (χ1n) is 6.09. The fourth-order valence-electron chi connectivity index (χ4n) is 2.23. The first-order chi connectivity index (χ1) is 9.09. The van der Waals surface area contributed by atoms with Crippen LogP contribution in [0.4, 0.5) is 0 Å². The molecule has 0 N–H and O–H groups in total. The topological polar surface area (TPSA) is 4.93 Å². The van der Waals surface area contributed by atoms with Crippen LogP contribution in [0.5, 0.6) is 0 Å². The van der Waals surface area contributed by atoms with Gasteiger partial charge in [0.05, 0.1) is 12.1 Å². The monoisotopic (exact) mass is 276 g/mol. The molecule has 3 aromatic rings. The van der Waals surface area contributed by atoms with E-state index in [2.05, 4.69) is 0 Å². The van der Waals surface area contributed by atoms with E-state index in [-0.39, 0.29) is 0 Å². The third-order valence-corrected chi connectivity index (χ3v) is 3.66. The van der Waals surface area contributed by atoms with Crippen molar-refractivity contribution in [2.24, 2.45) is 7.05 Å². The normalized spacial score (nSPS) is 11.8. The molecule has 0 unspecified atom stereocenters. The van der Waals surface area contributed by atoms with Crippen LogP contribution >= 0.6 is 23.2 Å². The summed E-state index contributed by atoms with van der Waals surface area (Å²) >= 11 is 12.5. The van der Waals surface area contributed by atoms with Crippen molar-refractivity contribution in [3.63, 3.8) is 0 Å². The number of halogens is 2. The third kappa shape index (κ3) is 1.71. The summed E-state index contributed by atoms with van der Waals surface area (Å²) in [4.78, 5) is 0. The molecule has 0 aliphatic heterocycles. The van der Waals surface area contributed by atoms with E-state index in [1.807, 2.05) is 48.0 Å². The summed E-state index contributed by atoms with van der Waals surface area (Å²) < 4.78 is 10.00. The molecule has 0 spiro atoms. The predicted molar refractivity (Wildman–Crippen MR) is 78.4 cm³/mol. The molecule has 0 fully saturated rings. The van der Waals surface area contributed by atoms with Gasteiger partial charge in [-0.2, -0.15) is 0 Å². The molecule has 0 radical (unpaired) electrons. The van der Waals surface area contributed by atoms with Crippen LogP contribution in [0.2, 0.25) is 10.0 Å². The van der Waals surface area contributed by atoms with Crippen LogP contribution in [0.25, 0.3) is 22.2 Å². The molecule has 1 nitrogen and oxygen atoms in total. The van der Waals surface area contributed by atoms with Gasteiger partial charge in [0.2, 0.25) is 0 Å². The summed E-state index contributed by atoms with van der Waals surface area (Å²) in [6, 6.07) is 13.6. The van der Waals surface area contributed by atoms with Gasteiger partial charge in [0.25, 0.3) is 0 Å². The Hall–Kier alpha value is -1.44. The molecule has 1 aromatic heterocycles. The minimum atomic E-state index is 0.436. The Kier molecular flexibility index (Phi) is 2.53. The first-order valence-corrected chi connectivity index (χ1v) is 6.34. The lowest BCUT2D eigenvalue weighted by Gasteiger charge is -2.05. The molecule has 18 heavy (non-hydrogen) atoms. The predicted octanol–water partition coefficient (Wildman–Crippen LogP) is 5.15. The van der Waals surface area contributed by atoms with Crippen molar-refractivity contribution < 1.29 is 1.37 Å². The number of fused-ring (bicyclic) bond motifs is 1. The standard InChI is InChI=1S/C15H11Cl2N/c1-18-13-8-3-2-7-12(13)14(17)15(18)10-5-4-6-11(16)9-10/h2-9H,1H3/i7D. The number of para-hydroxylation sites is 1. The summed E-state index contributed by atoms with van der Waals surface area (Å²) in [7, 11) is 1.95. The molecular weight excluding hydrogens is 265 g/mol. The molecule has 0 aliphatic carbocycles. The highest BCUT2D eigenvalue weighted by Crippen LogP contribution is 2.37. The fraction of sp³-hybridized carbons (Fsp3) is 0.0667. The maximum absolute atomic E-state index is 8.00. The molecule has 0 aliphatic rings. The highest BCUT2D eigenvalue weighted by Gasteiger charge is 2.14. The number of hydrogen-bond acceptors (Lipinski definition) is 0. The van der Waals surface area contributed by atoms with E-state index in [1.165, 1.54) is 0 Å². The zero-order valence-corrected chi connectivity index (χ0v) is 11.3. The number of aryl methyl sites for hydroxylation is 1. The highest BCUT2D eigenvalue weighted by atomic mass is 35.5. The van der Waals surface area contributed by atoms with Crippen molar-refractivity contribution in [2.75, 3.05) is 0 Å². The molecule has 0 saturated carbocycles. The zero-order chi connectivity index (χ0) is 13.6. The summed E-state index contributed by atoms with van der Waals surface area (Å²) in [5.74, 6) is 0. The van der Waals surface area contributed by atoms with Gasteiger partial charge >= 0.3 is 0 Å². The van der Waals surface area contributed by atoms with Crippen LogP contribution in [0.3, 0.4) is 0 Å². The second-order valence-corrected chi connectivity index (χ2v) is 4.98. The molecule has 90 valence electrons. The van der Waals surface area contributed by atoms with E-state index in [4.69, 9.17) is 24.6 Å². The SMILES string of the molecule is [2H]c1cccc2c1c(Cl)c(-c1cccc(Cl)c1)n2C. The lowest BCUT2D eigenvalue weighted by molar-refractivity contribution is 0.978. The van der Waals surface area contributed by atoms with E-state index < -0.39 is 0 Å². The van der Waals surface area contributed by atoms with E-state index in [9.17, 15) is 0 Å². The Balaban J connectivity index is 2.39. The van der Waals surface area contributed by atoms with Crippen LogP contribution in [-0.2, 0) is 7.05 Å². The number of rotatable bonds is 1. The van der Waals surface area contributed by atoms with Crippen molar-refractivity contribution in [1.82, 2.24) is 4.57 Å². The minimum absolute atomic E-state index is 0.436. The minimum Gasteiger partial charge on any atom is -0.342 e. The number of benzene rings is 2. The number of nitrogens with zero attached hydrogens (tertiary/aromatic N) is 1. The van der Waals surface area contributed by atoms with Gasteiger partial charge in [-0.3, -0.25) is 0 Å². The molecule has 0 atom stereocenters. The first kappa shape index (κ1) is 10.5. The van der Waals surface area contributed by atoms with E-state index >= 15 is 0 Å². The van der Waals surface area contributed by atoms with Crippen LogP contribution in [0.15, 0.2) is 48.5 Å². The Morgan fingerprint density at radius 3 is 2.67 bits per heavy atom. The van der Waals surface area contributed by atoms with Crippen LogP contribution in [0.1, 0.15) is 1.37 Å². The second-order valence-electron chi connectivity index (χ2n) is 4.16. The average Bonchev–Trinajstić information content (AvgIpc) is 2.63. The van der Waals surface area contributed by atoms with E-state index in [0.29, 0.717) is 16.1 Å². The lowest BCUT2D eigenvalue weighted by Crippen LogP contribution is -1.91. The van der Waals surface area contributed by atoms with Crippen molar-refractivity contribution >= 4 is 34.1 Å². The van der Waals surface area contributed by atoms with E-state index in [0.717, 1.165) is 22.2 Å². The molecule has 3 rings (SSSR count). The van der Waals surface area contributed by atoms with Gasteiger partial charge in [0, 0.05) is 28.5 Å². The molecule has 0 amide bonds. The summed E-state index contributed by atoms with van der Waals surface area (Å²) in [6.45, 7) is 0. The molecule has 0 saturated heterocycles. The summed E-state index contributed by atoms with van der Waals surface area (Å²) in [5, 5.41) is 2.05. The molecule has 0 bridgehead atoms. The average molecular weight is 277 g/mol. The largest absolute Gasteiger partial charge is 0.342 e. The van der Waals surface area contributed by atoms with Crippen LogP contribution < -0.4 is 0 Å². The lowest BCUT2D eigenvalue weighted by atomic mass is 10.1. The Bertz CT molecular complexity index is 777. The van der Waals surface area contributed by atoms with Crippen molar-refractivity contribution in [3.8, 4) is 11.3 Å². The Labute approximate surface area is 117 Å². The van der Waals surface area contributed by atoms with Crippen molar-refractivity contribution in [1.29, 1.82) is 0 Å². The molecular formula is C15H11Cl2N. The van der Waals surface area contributed by atoms with Gasteiger partial charge < -0.3 is 4.57 Å². The highest BCUT2D eigenvalue weighted by molar-refractivity contribution is 6.38. The smallest absolute Gasteiger partial charge is 0.0742 e. The fourth-order valence-corrected chi connectivity index (χ4v) is 2.80. The second kappa shape index (κ2) is 4.34. The maximum Gasteiger partial charge on any atom is 0.0742 e. The number of aromatic nitrogens is 1. The van der Waals surface area contributed by atoms with E-state index in [1.54, 1.807) is 6.07 Å².